The van der Waals surface area contributed by atoms with Gasteiger partial charge < -0.3 is 9.47 Å². The Balaban J connectivity index is 2.31. The molecule has 0 saturated heterocycles. The van der Waals surface area contributed by atoms with E-state index in [4.69, 9.17) is 0 Å². The van der Waals surface area contributed by atoms with Crippen molar-refractivity contribution in [1.29, 1.82) is 0 Å². The fourth-order valence-electron chi connectivity index (χ4n) is 1.71. The average Bonchev–Trinajstić information content (AvgIpc) is 2.46. The molecule has 0 spiro atoms. The lowest BCUT2D eigenvalue weighted by Crippen LogP contribution is -2.16. The van der Waals surface area contributed by atoms with E-state index in [1.165, 1.54) is 18.2 Å². The fourth-order valence-corrected chi connectivity index (χ4v) is 1.71. The Hall–Kier alpha value is -2.64. The minimum absolute atomic E-state index is 0.348. The number of esters is 1. The summed E-state index contributed by atoms with van der Waals surface area (Å²) in [4.78, 5) is 14.8. The maximum absolute atomic E-state index is 13.4. The predicted octanol–water partition coefficient (Wildman–Crippen LogP) is 3.57. The molecule has 0 bridgehead atoms. The van der Waals surface area contributed by atoms with Gasteiger partial charge in [-0.2, -0.15) is 4.39 Å². The van der Waals surface area contributed by atoms with Crippen molar-refractivity contribution in [3.63, 3.8) is 0 Å². The van der Waals surface area contributed by atoms with Crippen LogP contribution in [0.5, 0.6) is 5.75 Å². The van der Waals surface area contributed by atoms with Gasteiger partial charge in [0.15, 0.2) is 0 Å². The predicted molar refractivity (Wildman–Crippen MR) is 67.7 cm³/mol. The van der Waals surface area contributed by atoms with Crippen LogP contribution in [0, 0.1) is 5.95 Å². The third-order valence-corrected chi connectivity index (χ3v) is 2.67. The van der Waals surface area contributed by atoms with Crippen LogP contribution in [0.2, 0.25) is 0 Å². The van der Waals surface area contributed by atoms with Gasteiger partial charge in [-0.15, -0.1) is 13.2 Å². The molecular weight excluding hydrogens is 306 g/mol. The van der Waals surface area contributed by atoms with Gasteiger partial charge in [-0.05, 0) is 23.8 Å². The van der Waals surface area contributed by atoms with Crippen LogP contribution >= 0.6 is 0 Å². The molecule has 0 saturated carbocycles. The van der Waals surface area contributed by atoms with Crippen LogP contribution in [0.1, 0.15) is 10.4 Å². The van der Waals surface area contributed by atoms with Gasteiger partial charge in [0.2, 0.25) is 5.95 Å². The summed E-state index contributed by atoms with van der Waals surface area (Å²) >= 11 is 0. The number of hydrogen-bond acceptors (Lipinski definition) is 4. The lowest BCUT2D eigenvalue weighted by atomic mass is 10.1. The number of carbonyl (C=O) groups excluding carboxylic acids is 1. The van der Waals surface area contributed by atoms with Crippen molar-refractivity contribution in [2.24, 2.45) is 0 Å². The first-order valence-corrected chi connectivity index (χ1v) is 5.90. The molecule has 116 valence electrons. The summed E-state index contributed by atoms with van der Waals surface area (Å²) in [5.41, 5.74) is 0.420. The Morgan fingerprint density at radius 1 is 1.14 bits per heavy atom. The van der Waals surface area contributed by atoms with Crippen LogP contribution in [-0.4, -0.2) is 24.4 Å². The van der Waals surface area contributed by atoms with Gasteiger partial charge >= 0.3 is 12.3 Å². The van der Waals surface area contributed by atoms with Gasteiger partial charge in [-0.3, -0.25) is 0 Å². The number of aromatic nitrogens is 1. The highest BCUT2D eigenvalue weighted by molar-refractivity contribution is 5.90. The monoisotopic (exact) mass is 315 g/mol. The smallest absolute Gasteiger partial charge is 0.465 e. The maximum atomic E-state index is 13.4. The second kappa shape index (κ2) is 6.00. The number of carbonyl (C=O) groups is 1. The quantitative estimate of drug-likeness (QED) is 0.493. The summed E-state index contributed by atoms with van der Waals surface area (Å²) < 4.78 is 57.8. The van der Waals surface area contributed by atoms with Crippen molar-refractivity contribution in [3.8, 4) is 16.9 Å². The minimum Gasteiger partial charge on any atom is -0.465 e. The van der Waals surface area contributed by atoms with Crippen molar-refractivity contribution in [2.75, 3.05) is 7.11 Å². The number of pyridine rings is 1. The lowest BCUT2D eigenvalue weighted by Gasteiger charge is -2.09. The van der Waals surface area contributed by atoms with Gasteiger partial charge in [0, 0.05) is 11.8 Å². The molecule has 1 heterocycles. The first kappa shape index (κ1) is 15.7. The van der Waals surface area contributed by atoms with Crippen LogP contribution < -0.4 is 4.74 Å². The molecule has 0 radical (unpaired) electrons. The van der Waals surface area contributed by atoms with Crippen molar-refractivity contribution < 1.29 is 31.8 Å². The summed E-state index contributed by atoms with van der Waals surface area (Å²) in [6.45, 7) is 0. The molecule has 8 heteroatoms. The number of halogens is 4. The standard InChI is InChI=1S/C14H9F4NO3/c1-21-13(20)11-6-9(7-19-12(11)15)8-2-4-10(5-3-8)22-14(16,17)18/h2-7H,1H3. The Morgan fingerprint density at radius 3 is 2.32 bits per heavy atom. The largest absolute Gasteiger partial charge is 0.573 e. The number of benzene rings is 1. The highest BCUT2D eigenvalue weighted by atomic mass is 19.4. The van der Waals surface area contributed by atoms with Crippen LogP contribution in [0.25, 0.3) is 11.1 Å². The SMILES string of the molecule is COC(=O)c1cc(-c2ccc(OC(F)(F)F)cc2)cnc1F. The number of rotatable bonds is 3. The van der Waals surface area contributed by atoms with Crippen molar-refractivity contribution >= 4 is 5.97 Å². The molecule has 4 nitrogen and oxygen atoms in total. The van der Waals surface area contributed by atoms with Crippen molar-refractivity contribution in [2.45, 2.75) is 6.36 Å². The van der Waals surface area contributed by atoms with Crippen LogP contribution in [-0.2, 0) is 4.74 Å². The molecule has 22 heavy (non-hydrogen) atoms. The molecule has 0 aliphatic rings. The van der Waals surface area contributed by atoms with E-state index in [2.05, 4.69) is 14.5 Å². The number of ether oxygens (including phenoxy) is 2. The average molecular weight is 315 g/mol. The molecule has 0 N–H and O–H groups in total. The van der Waals surface area contributed by atoms with E-state index in [9.17, 15) is 22.4 Å². The fraction of sp³-hybridized carbons (Fsp3) is 0.143. The molecule has 0 amide bonds. The van der Waals surface area contributed by atoms with E-state index in [-0.39, 0.29) is 11.3 Å². The van der Waals surface area contributed by atoms with E-state index in [1.807, 2.05) is 0 Å². The van der Waals surface area contributed by atoms with E-state index < -0.39 is 18.3 Å². The molecule has 0 unspecified atom stereocenters. The third-order valence-electron chi connectivity index (χ3n) is 2.67. The lowest BCUT2D eigenvalue weighted by molar-refractivity contribution is -0.274. The van der Waals surface area contributed by atoms with Gasteiger partial charge in [-0.25, -0.2) is 9.78 Å². The summed E-state index contributed by atoms with van der Waals surface area (Å²) in [5, 5.41) is 0. The molecule has 0 aliphatic carbocycles. The third kappa shape index (κ3) is 3.72. The molecule has 1 aromatic heterocycles. The Morgan fingerprint density at radius 2 is 1.77 bits per heavy atom. The second-order valence-electron chi connectivity index (χ2n) is 4.13. The zero-order chi connectivity index (χ0) is 16.3. The minimum atomic E-state index is -4.78. The first-order valence-electron chi connectivity index (χ1n) is 5.90. The normalized spacial score (nSPS) is 11.1. The Kier molecular flexibility index (Phi) is 4.30. The summed E-state index contributed by atoms with van der Waals surface area (Å²) in [6.07, 6.45) is -3.63. The Bertz CT molecular complexity index is 683. The van der Waals surface area contributed by atoms with Gasteiger partial charge in [0.1, 0.15) is 11.3 Å². The van der Waals surface area contributed by atoms with Crippen molar-refractivity contribution in [1.82, 2.24) is 4.98 Å². The number of nitrogens with zero attached hydrogens (tertiary/aromatic N) is 1. The molecule has 1 aromatic carbocycles. The molecule has 0 aliphatic heterocycles. The van der Waals surface area contributed by atoms with E-state index >= 15 is 0 Å². The van der Waals surface area contributed by atoms with E-state index in [1.54, 1.807) is 0 Å². The number of alkyl halides is 3. The van der Waals surface area contributed by atoms with Crippen LogP contribution in [0.3, 0.4) is 0 Å². The van der Waals surface area contributed by atoms with Gasteiger partial charge in [0.05, 0.1) is 7.11 Å². The second-order valence-corrected chi connectivity index (χ2v) is 4.13. The first-order chi connectivity index (χ1) is 10.3. The van der Waals surface area contributed by atoms with E-state index in [0.717, 1.165) is 25.4 Å². The molecule has 0 fully saturated rings. The topological polar surface area (TPSA) is 48.4 Å². The summed E-state index contributed by atoms with van der Waals surface area (Å²) in [6, 6.07) is 6.07. The zero-order valence-electron chi connectivity index (χ0n) is 11.1. The number of methoxy groups -OCH3 is 1. The summed E-state index contributed by atoms with van der Waals surface area (Å²) in [7, 11) is 1.09. The van der Waals surface area contributed by atoms with Crippen LogP contribution in [0.15, 0.2) is 36.5 Å². The molecule has 0 atom stereocenters. The highest BCUT2D eigenvalue weighted by Crippen LogP contribution is 2.27. The highest BCUT2D eigenvalue weighted by Gasteiger charge is 2.31. The molecular formula is C14H9F4NO3. The van der Waals surface area contributed by atoms with Crippen molar-refractivity contribution in [3.05, 3.63) is 48.0 Å². The molecule has 2 aromatic rings. The zero-order valence-corrected chi connectivity index (χ0v) is 11.1. The maximum Gasteiger partial charge on any atom is 0.573 e. The van der Waals surface area contributed by atoms with E-state index in [0.29, 0.717) is 11.1 Å². The van der Waals surface area contributed by atoms with Gasteiger partial charge in [-0.1, -0.05) is 12.1 Å². The number of hydrogen-bond donors (Lipinski definition) is 0. The summed E-state index contributed by atoms with van der Waals surface area (Å²) in [5.74, 6) is -2.28. The van der Waals surface area contributed by atoms with Gasteiger partial charge in [0.25, 0.3) is 0 Å². The molecule has 2 rings (SSSR count). The van der Waals surface area contributed by atoms with Crippen LogP contribution in [0.4, 0.5) is 17.6 Å². The Labute approximate surface area is 122 Å².